The molecule has 4 aliphatic rings. The van der Waals surface area contributed by atoms with Crippen LogP contribution in [-0.2, 0) is 14.9 Å². The van der Waals surface area contributed by atoms with Gasteiger partial charge in [0.1, 0.15) is 0 Å². The molecule has 0 aromatic heterocycles. The summed E-state index contributed by atoms with van der Waals surface area (Å²) in [5.41, 5.74) is 0.0922. The minimum absolute atomic E-state index is 0.134. The SMILES string of the molecule is C[C@H](CCC(=O)NCCS(=O)(=O)[O-])[C@H]1CCC2C3CC[C@@H]4C[C@H](O)CC[C@]4(C)C3C[C@H](O)[C@@]21C. The van der Waals surface area contributed by atoms with Crippen LogP contribution in [0.4, 0.5) is 0 Å². The second kappa shape index (κ2) is 9.64. The molecule has 0 heterocycles. The smallest absolute Gasteiger partial charge is 0.220 e. The van der Waals surface area contributed by atoms with Gasteiger partial charge in [-0.1, -0.05) is 20.8 Å². The van der Waals surface area contributed by atoms with E-state index in [-0.39, 0.29) is 41.4 Å². The van der Waals surface area contributed by atoms with Crippen LogP contribution in [0.1, 0.15) is 85.0 Å². The van der Waals surface area contributed by atoms with Gasteiger partial charge >= 0.3 is 0 Å². The Bertz CT molecular complexity index is 863. The molecule has 0 bridgehead atoms. The summed E-state index contributed by atoms with van der Waals surface area (Å²) in [7, 11) is -4.32. The number of carbonyl (C=O) groups excluding carboxylic acids is 1. The molecule has 196 valence electrons. The van der Waals surface area contributed by atoms with E-state index in [1.165, 1.54) is 12.8 Å². The highest BCUT2D eigenvalue weighted by atomic mass is 32.2. The number of carbonyl (C=O) groups is 1. The Balaban J connectivity index is 1.40. The summed E-state index contributed by atoms with van der Waals surface area (Å²) in [6.07, 6.45) is 8.85. The van der Waals surface area contributed by atoms with Crippen LogP contribution in [-0.4, -0.2) is 53.6 Å². The normalized spacial score (nSPS) is 45.1. The molecule has 4 saturated carbocycles. The fourth-order valence-corrected chi connectivity index (χ4v) is 9.48. The third-order valence-electron chi connectivity index (χ3n) is 11.0. The molecule has 0 spiro atoms. The number of aliphatic hydroxyl groups excluding tert-OH is 2. The number of rotatable bonds is 7. The standard InChI is InChI=1S/C26H45NO6S/c1-16(4-9-24(30)27-12-13-34(31,32)33)20-7-8-21-19-6-5-17-14-18(28)10-11-25(17,2)22(19)15-23(29)26(20,21)3/h16-23,28-29H,4-15H2,1-3H3,(H,27,30)(H,31,32,33)/p-1/t16-,17-,18-,19?,20-,21?,22?,23+,25+,26-/m1/s1. The van der Waals surface area contributed by atoms with E-state index in [1.54, 1.807) is 0 Å². The summed E-state index contributed by atoms with van der Waals surface area (Å²) in [5.74, 6) is 2.10. The van der Waals surface area contributed by atoms with Gasteiger partial charge in [-0.15, -0.1) is 0 Å². The van der Waals surface area contributed by atoms with E-state index in [1.807, 2.05) is 0 Å². The summed E-state index contributed by atoms with van der Waals surface area (Å²) in [6.45, 7) is 6.78. The van der Waals surface area contributed by atoms with Gasteiger partial charge in [0.25, 0.3) is 0 Å². The van der Waals surface area contributed by atoms with Crippen molar-refractivity contribution in [3.63, 3.8) is 0 Å². The van der Waals surface area contributed by atoms with Crippen LogP contribution in [0.3, 0.4) is 0 Å². The molecule has 0 aromatic carbocycles. The lowest BCUT2D eigenvalue weighted by atomic mass is 9.43. The van der Waals surface area contributed by atoms with Gasteiger partial charge in [0.05, 0.1) is 28.1 Å². The van der Waals surface area contributed by atoms with E-state index in [4.69, 9.17) is 0 Å². The Morgan fingerprint density at radius 1 is 1.09 bits per heavy atom. The van der Waals surface area contributed by atoms with E-state index in [2.05, 4.69) is 26.1 Å². The fourth-order valence-electron chi connectivity index (χ4n) is 9.12. The van der Waals surface area contributed by atoms with E-state index in [0.29, 0.717) is 42.4 Å². The van der Waals surface area contributed by atoms with E-state index < -0.39 is 15.9 Å². The highest BCUT2D eigenvalue weighted by Gasteiger charge is 2.63. The molecule has 0 saturated heterocycles. The summed E-state index contributed by atoms with van der Waals surface area (Å²) in [5, 5.41) is 24.4. The lowest BCUT2D eigenvalue weighted by Crippen LogP contribution is -2.58. The van der Waals surface area contributed by atoms with Crippen molar-refractivity contribution in [2.24, 2.45) is 46.3 Å². The van der Waals surface area contributed by atoms with Crippen molar-refractivity contribution in [3.05, 3.63) is 0 Å². The van der Waals surface area contributed by atoms with E-state index in [0.717, 1.165) is 38.5 Å². The maximum Gasteiger partial charge on any atom is 0.220 e. The Morgan fingerprint density at radius 3 is 2.53 bits per heavy atom. The predicted octanol–water partition coefficient (Wildman–Crippen LogP) is 3.05. The molecule has 3 unspecified atom stereocenters. The minimum atomic E-state index is -4.32. The van der Waals surface area contributed by atoms with Crippen LogP contribution in [0.25, 0.3) is 0 Å². The van der Waals surface area contributed by atoms with Crippen molar-refractivity contribution in [1.82, 2.24) is 5.32 Å². The molecule has 4 aliphatic carbocycles. The van der Waals surface area contributed by atoms with Crippen LogP contribution in [0.5, 0.6) is 0 Å². The van der Waals surface area contributed by atoms with Gasteiger partial charge in [-0.2, -0.15) is 0 Å². The number of hydrogen-bond donors (Lipinski definition) is 3. The molecular formula is C26H44NO6S-. The van der Waals surface area contributed by atoms with E-state index >= 15 is 0 Å². The molecule has 4 fully saturated rings. The van der Waals surface area contributed by atoms with Crippen molar-refractivity contribution in [3.8, 4) is 0 Å². The maximum absolute atomic E-state index is 12.2. The van der Waals surface area contributed by atoms with E-state index in [9.17, 15) is 28.0 Å². The van der Waals surface area contributed by atoms with Crippen molar-refractivity contribution in [2.45, 2.75) is 97.2 Å². The van der Waals surface area contributed by atoms with Crippen molar-refractivity contribution in [2.75, 3.05) is 12.3 Å². The molecule has 4 rings (SSSR count). The summed E-state index contributed by atoms with van der Waals surface area (Å²) in [6, 6.07) is 0. The third-order valence-corrected chi connectivity index (χ3v) is 11.7. The average Bonchev–Trinajstić information content (AvgIpc) is 3.11. The Kier molecular flexibility index (Phi) is 7.47. The monoisotopic (exact) mass is 498 g/mol. The molecule has 7 nitrogen and oxygen atoms in total. The molecule has 10 atom stereocenters. The van der Waals surface area contributed by atoms with Gasteiger partial charge in [0, 0.05) is 13.0 Å². The zero-order valence-corrected chi connectivity index (χ0v) is 21.9. The lowest BCUT2D eigenvalue weighted by molar-refractivity contribution is -0.174. The second-order valence-electron chi connectivity index (χ2n) is 12.5. The fraction of sp³-hybridized carbons (Fsp3) is 0.962. The molecule has 8 heteroatoms. The first-order chi connectivity index (χ1) is 15.9. The minimum Gasteiger partial charge on any atom is -0.748 e. The average molecular weight is 499 g/mol. The van der Waals surface area contributed by atoms with Crippen LogP contribution < -0.4 is 5.32 Å². The first-order valence-corrected chi connectivity index (χ1v) is 15.0. The zero-order chi connectivity index (χ0) is 24.9. The number of nitrogens with one attached hydrogen (secondary N) is 1. The van der Waals surface area contributed by atoms with Gasteiger partial charge < -0.3 is 20.1 Å². The molecule has 3 N–H and O–H groups in total. The largest absolute Gasteiger partial charge is 0.748 e. The molecule has 0 radical (unpaired) electrons. The maximum atomic E-state index is 12.2. The van der Waals surface area contributed by atoms with Crippen LogP contribution in [0, 0.1) is 46.3 Å². The predicted molar refractivity (Wildman–Crippen MR) is 129 cm³/mol. The molecule has 34 heavy (non-hydrogen) atoms. The number of aliphatic hydroxyl groups is 2. The zero-order valence-electron chi connectivity index (χ0n) is 21.0. The molecule has 0 aliphatic heterocycles. The number of amides is 1. The van der Waals surface area contributed by atoms with Crippen molar-refractivity contribution in [1.29, 1.82) is 0 Å². The van der Waals surface area contributed by atoms with Gasteiger partial charge in [-0.25, -0.2) is 8.42 Å². The molecule has 0 aromatic rings. The van der Waals surface area contributed by atoms with Crippen LogP contribution in [0.2, 0.25) is 0 Å². The lowest BCUT2D eigenvalue weighted by Gasteiger charge is -2.62. The summed E-state index contributed by atoms with van der Waals surface area (Å²) in [4.78, 5) is 12.2. The second-order valence-corrected chi connectivity index (χ2v) is 14.0. The van der Waals surface area contributed by atoms with Crippen molar-refractivity contribution >= 4 is 16.0 Å². The third kappa shape index (κ3) is 4.81. The van der Waals surface area contributed by atoms with Crippen LogP contribution in [0.15, 0.2) is 0 Å². The molecule has 1 amide bonds. The van der Waals surface area contributed by atoms with Gasteiger partial charge in [0.15, 0.2) is 0 Å². The van der Waals surface area contributed by atoms with Gasteiger partial charge in [0.2, 0.25) is 5.91 Å². The molecular weight excluding hydrogens is 454 g/mol. The Labute approximate surface area is 205 Å². The number of fused-ring (bicyclic) bond motifs is 5. The highest BCUT2D eigenvalue weighted by molar-refractivity contribution is 7.85. The first-order valence-electron chi connectivity index (χ1n) is 13.4. The highest BCUT2D eigenvalue weighted by Crippen LogP contribution is 2.68. The first kappa shape index (κ1) is 26.4. The summed E-state index contributed by atoms with van der Waals surface area (Å²) >= 11 is 0. The Morgan fingerprint density at radius 2 is 1.82 bits per heavy atom. The summed E-state index contributed by atoms with van der Waals surface area (Å²) < 4.78 is 32.2. The quantitative estimate of drug-likeness (QED) is 0.463. The van der Waals surface area contributed by atoms with Crippen molar-refractivity contribution < 1.29 is 28.0 Å². The van der Waals surface area contributed by atoms with Crippen LogP contribution >= 0.6 is 0 Å². The van der Waals surface area contributed by atoms with Gasteiger partial charge in [-0.3, -0.25) is 4.79 Å². The topological polar surface area (TPSA) is 127 Å². The Hall–Kier alpha value is -0.700. The number of hydrogen-bond acceptors (Lipinski definition) is 6. The van der Waals surface area contributed by atoms with Gasteiger partial charge in [-0.05, 0) is 104 Å².